The molecule has 0 bridgehead atoms. The quantitative estimate of drug-likeness (QED) is 0.677. The molecule has 0 amide bonds. The van der Waals surface area contributed by atoms with Gasteiger partial charge in [0.2, 0.25) is 0 Å². The van der Waals surface area contributed by atoms with E-state index in [2.05, 4.69) is 39.5 Å². The summed E-state index contributed by atoms with van der Waals surface area (Å²) in [6.07, 6.45) is 2.34. The number of methoxy groups -OCH3 is 1. The van der Waals surface area contributed by atoms with Gasteiger partial charge in [0, 0.05) is 26.2 Å². The van der Waals surface area contributed by atoms with Crippen molar-refractivity contribution in [1.82, 2.24) is 4.90 Å². The van der Waals surface area contributed by atoms with Gasteiger partial charge in [0.1, 0.15) is 0 Å². The molecule has 0 aliphatic rings. The van der Waals surface area contributed by atoms with E-state index in [1.807, 2.05) is 0 Å². The van der Waals surface area contributed by atoms with Crippen molar-refractivity contribution >= 4 is 0 Å². The molecule has 17 heavy (non-hydrogen) atoms. The molecule has 0 spiro atoms. The van der Waals surface area contributed by atoms with Crippen LogP contribution >= 0.6 is 0 Å². The van der Waals surface area contributed by atoms with E-state index in [1.54, 1.807) is 7.11 Å². The maximum absolute atomic E-state index is 6.00. The van der Waals surface area contributed by atoms with Crippen LogP contribution in [0.2, 0.25) is 0 Å². The highest BCUT2D eigenvalue weighted by Gasteiger charge is 2.34. The average Bonchev–Trinajstić information content (AvgIpc) is 2.29. The molecular weight excluding hydrogens is 212 g/mol. The van der Waals surface area contributed by atoms with Crippen LogP contribution in [0.4, 0.5) is 0 Å². The first-order valence-electron chi connectivity index (χ1n) is 6.90. The van der Waals surface area contributed by atoms with Crippen LogP contribution < -0.4 is 5.73 Å². The van der Waals surface area contributed by atoms with Gasteiger partial charge in [-0.25, -0.2) is 0 Å². The Hall–Kier alpha value is -0.120. The number of nitrogens with two attached hydrogens (primary N) is 1. The largest absolute Gasteiger partial charge is 0.383 e. The van der Waals surface area contributed by atoms with E-state index < -0.39 is 0 Å². The zero-order valence-corrected chi connectivity index (χ0v) is 12.6. The van der Waals surface area contributed by atoms with Crippen molar-refractivity contribution in [1.29, 1.82) is 0 Å². The number of ether oxygens (including phenoxy) is 1. The van der Waals surface area contributed by atoms with E-state index in [1.165, 1.54) is 12.8 Å². The van der Waals surface area contributed by atoms with Gasteiger partial charge in [0.25, 0.3) is 0 Å². The van der Waals surface area contributed by atoms with Crippen molar-refractivity contribution < 1.29 is 4.74 Å². The van der Waals surface area contributed by atoms with Crippen LogP contribution in [-0.2, 0) is 4.74 Å². The lowest BCUT2D eigenvalue weighted by molar-refractivity contribution is -0.0105. The molecule has 3 heteroatoms. The Morgan fingerprint density at radius 1 is 1.24 bits per heavy atom. The highest BCUT2D eigenvalue weighted by molar-refractivity contribution is 4.91. The van der Waals surface area contributed by atoms with Gasteiger partial charge in [-0.2, -0.15) is 0 Å². The summed E-state index contributed by atoms with van der Waals surface area (Å²) in [6.45, 7) is 13.7. The summed E-state index contributed by atoms with van der Waals surface area (Å²) in [6, 6.07) is 0.598. The first-order valence-corrected chi connectivity index (χ1v) is 6.90. The molecule has 1 unspecified atom stereocenters. The van der Waals surface area contributed by atoms with Crippen molar-refractivity contribution in [3.8, 4) is 0 Å². The Labute approximate surface area is 108 Å². The van der Waals surface area contributed by atoms with Crippen molar-refractivity contribution in [2.24, 2.45) is 11.7 Å². The molecule has 0 saturated heterocycles. The molecular formula is C14H32N2O. The molecule has 0 aromatic heterocycles. The Kier molecular flexibility index (Phi) is 8.01. The summed E-state index contributed by atoms with van der Waals surface area (Å²) in [7, 11) is 1.76. The van der Waals surface area contributed by atoms with Crippen LogP contribution in [-0.4, -0.2) is 43.3 Å². The van der Waals surface area contributed by atoms with Crippen molar-refractivity contribution in [3.63, 3.8) is 0 Å². The van der Waals surface area contributed by atoms with Gasteiger partial charge in [0.05, 0.1) is 12.1 Å². The number of rotatable bonds is 9. The predicted molar refractivity (Wildman–Crippen MR) is 75.2 cm³/mol. The predicted octanol–water partition coefficient (Wildman–Crippen LogP) is 2.50. The maximum Gasteiger partial charge on any atom is 0.0656 e. The fourth-order valence-electron chi connectivity index (χ4n) is 2.50. The minimum Gasteiger partial charge on any atom is -0.383 e. The second kappa shape index (κ2) is 8.06. The van der Waals surface area contributed by atoms with E-state index in [0.717, 1.165) is 6.54 Å². The van der Waals surface area contributed by atoms with Crippen LogP contribution in [0.3, 0.4) is 0 Å². The molecule has 0 aliphatic carbocycles. The molecule has 0 aromatic carbocycles. The van der Waals surface area contributed by atoms with Crippen LogP contribution in [0.15, 0.2) is 0 Å². The number of nitrogens with zero attached hydrogens (tertiary/aromatic N) is 1. The zero-order valence-electron chi connectivity index (χ0n) is 12.6. The highest BCUT2D eigenvalue weighted by Crippen LogP contribution is 2.23. The molecule has 3 nitrogen and oxygen atoms in total. The van der Waals surface area contributed by atoms with E-state index >= 15 is 0 Å². The van der Waals surface area contributed by atoms with Crippen LogP contribution in [0, 0.1) is 5.92 Å². The minimum absolute atomic E-state index is 0.0459. The highest BCUT2D eigenvalue weighted by atomic mass is 16.5. The van der Waals surface area contributed by atoms with Crippen LogP contribution in [0.5, 0.6) is 0 Å². The summed E-state index contributed by atoms with van der Waals surface area (Å²) in [5, 5.41) is 0. The van der Waals surface area contributed by atoms with Crippen LogP contribution in [0.1, 0.15) is 47.5 Å². The van der Waals surface area contributed by atoms with Gasteiger partial charge in [-0.05, 0) is 25.7 Å². The van der Waals surface area contributed by atoms with Crippen molar-refractivity contribution in [3.05, 3.63) is 0 Å². The monoisotopic (exact) mass is 244 g/mol. The zero-order chi connectivity index (χ0) is 13.5. The van der Waals surface area contributed by atoms with Crippen molar-refractivity contribution in [2.45, 2.75) is 59.0 Å². The molecule has 2 N–H and O–H groups in total. The average molecular weight is 244 g/mol. The molecule has 0 fully saturated rings. The lowest BCUT2D eigenvalue weighted by Crippen LogP contribution is -2.59. The molecule has 0 aliphatic heterocycles. The number of hydrogen-bond donors (Lipinski definition) is 1. The fourth-order valence-corrected chi connectivity index (χ4v) is 2.50. The first-order chi connectivity index (χ1) is 7.95. The molecule has 1 atom stereocenters. The Morgan fingerprint density at radius 2 is 1.76 bits per heavy atom. The Morgan fingerprint density at radius 3 is 2.06 bits per heavy atom. The lowest BCUT2D eigenvalue weighted by Gasteiger charge is -2.45. The third kappa shape index (κ3) is 4.94. The minimum atomic E-state index is -0.0459. The Balaban J connectivity index is 4.97. The Bertz CT molecular complexity index is 193. The second-order valence-corrected chi connectivity index (χ2v) is 5.65. The third-order valence-corrected chi connectivity index (χ3v) is 3.53. The third-order valence-electron chi connectivity index (χ3n) is 3.53. The summed E-state index contributed by atoms with van der Waals surface area (Å²) >= 11 is 0. The molecule has 0 radical (unpaired) electrons. The molecule has 104 valence electrons. The van der Waals surface area contributed by atoms with Crippen LogP contribution in [0.25, 0.3) is 0 Å². The number of hydrogen-bond acceptors (Lipinski definition) is 3. The molecule has 0 rings (SSSR count). The summed E-state index contributed by atoms with van der Waals surface area (Å²) in [5.74, 6) is 0.651. The van der Waals surface area contributed by atoms with Gasteiger partial charge < -0.3 is 10.5 Å². The molecule has 0 saturated carbocycles. The molecule has 0 heterocycles. The lowest BCUT2D eigenvalue weighted by atomic mass is 9.94. The van der Waals surface area contributed by atoms with Gasteiger partial charge in [-0.1, -0.05) is 27.7 Å². The van der Waals surface area contributed by atoms with E-state index in [4.69, 9.17) is 10.5 Å². The topological polar surface area (TPSA) is 38.5 Å². The van der Waals surface area contributed by atoms with Gasteiger partial charge in [-0.3, -0.25) is 4.90 Å². The van der Waals surface area contributed by atoms with E-state index in [-0.39, 0.29) is 5.54 Å². The normalized spacial score (nSPS) is 15.9. The van der Waals surface area contributed by atoms with Crippen molar-refractivity contribution in [2.75, 3.05) is 26.8 Å². The molecule has 0 aromatic rings. The summed E-state index contributed by atoms with van der Waals surface area (Å²) in [5.41, 5.74) is 5.95. The van der Waals surface area contributed by atoms with Gasteiger partial charge in [0.15, 0.2) is 0 Å². The summed E-state index contributed by atoms with van der Waals surface area (Å²) in [4.78, 5) is 2.56. The SMILES string of the molecule is CCC(CC)N(CC(C)C)C(C)(CN)COC. The van der Waals surface area contributed by atoms with E-state index in [0.29, 0.717) is 25.1 Å². The standard InChI is InChI=1S/C14H32N2O/c1-7-13(8-2)16(9-12(3)4)14(5,10-15)11-17-6/h12-13H,7-11,15H2,1-6H3. The summed E-state index contributed by atoms with van der Waals surface area (Å²) < 4.78 is 5.38. The maximum atomic E-state index is 6.00. The fraction of sp³-hybridized carbons (Fsp3) is 1.00. The van der Waals surface area contributed by atoms with Gasteiger partial charge in [-0.15, -0.1) is 0 Å². The first kappa shape index (κ1) is 16.9. The smallest absolute Gasteiger partial charge is 0.0656 e. The van der Waals surface area contributed by atoms with E-state index in [9.17, 15) is 0 Å². The second-order valence-electron chi connectivity index (χ2n) is 5.65. The van der Waals surface area contributed by atoms with Gasteiger partial charge >= 0.3 is 0 Å².